The first-order valence-corrected chi connectivity index (χ1v) is 8.47. The van der Waals surface area contributed by atoms with E-state index in [9.17, 15) is 4.79 Å². The van der Waals surface area contributed by atoms with Gasteiger partial charge in [-0.1, -0.05) is 48.3 Å². The minimum Gasteiger partial charge on any atom is -0.355 e. The van der Waals surface area contributed by atoms with E-state index in [1.54, 1.807) is 0 Å². The molecule has 21 heavy (non-hydrogen) atoms. The predicted octanol–water partition coefficient (Wildman–Crippen LogP) is 3.36. The Labute approximate surface area is 135 Å². The summed E-state index contributed by atoms with van der Waals surface area (Å²) in [5.41, 5.74) is 7.10. The van der Waals surface area contributed by atoms with Crippen molar-refractivity contribution in [2.75, 3.05) is 6.54 Å². The summed E-state index contributed by atoms with van der Waals surface area (Å²) in [7, 11) is 0. The van der Waals surface area contributed by atoms with Crippen LogP contribution in [0.5, 0.6) is 0 Å². The van der Waals surface area contributed by atoms with Crippen LogP contribution in [0.4, 0.5) is 0 Å². The van der Waals surface area contributed by atoms with E-state index in [0.29, 0.717) is 6.54 Å². The van der Waals surface area contributed by atoms with E-state index in [4.69, 9.17) is 5.73 Å². The van der Waals surface area contributed by atoms with Gasteiger partial charge < -0.3 is 11.1 Å². The SMILES string of the molecule is CC(C)(CNC(=O)C1CCCC(N)C1)c1cccc(Br)c1. The molecule has 2 atom stereocenters. The smallest absolute Gasteiger partial charge is 0.223 e. The summed E-state index contributed by atoms with van der Waals surface area (Å²) >= 11 is 3.50. The summed E-state index contributed by atoms with van der Waals surface area (Å²) in [5, 5.41) is 3.12. The van der Waals surface area contributed by atoms with Gasteiger partial charge in [-0.2, -0.15) is 0 Å². The van der Waals surface area contributed by atoms with Crippen molar-refractivity contribution in [1.82, 2.24) is 5.32 Å². The van der Waals surface area contributed by atoms with Crippen LogP contribution in [0.1, 0.15) is 45.1 Å². The first-order valence-electron chi connectivity index (χ1n) is 7.68. The highest BCUT2D eigenvalue weighted by Gasteiger charge is 2.27. The summed E-state index contributed by atoms with van der Waals surface area (Å²) in [6.45, 7) is 4.96. The third-order valence-electron chi connectivity index (χ3n) is 4.40. The van der Waals surface area contributed by atoms with Crippen LogP contribution in [0.15, 0.2) is 28.7 Å². The second-order valence-corrected chi connectivity index (χ2v) is 7.65. The number of amides is 1. The van der Waals surface area contributed by atoms with Gasteiger partial charge in [0.25, 0.3) is 0 Å². The van der Waals surface area contributed by atoms with E-state index < -0.39 is 0 Å². The lowest BCUT2D eigenvalue weighted by atomic mass is 9.83. The van der Waals surface area contributed by atoms with Gasteiger partial charge in [-0.25, -0.2) is 0 Å². The van der Waals surface area contributed by atoms with Gasteiger partial charge in [0.05, 0.1) is 0 Å². The molecule has 116 valence electrons. The molecule has 1 aromatic rings. The van der Waals surface area contributed by atoms with Crippen LogP contribution >= 0.6 is 15.9 Å². The van der Waals surface area contributed by atoms with Crippen molar-refractivity contribution >= 4 is 21.8 Å². The molecule has 1 aromatic carbocycles. The van der Waals surface area contributed by atoms with Crippen molar-refractivity contribution in [3.05, 3.63) is 34.3 Å². The second-order valence-electron chi connectivity index (χ2n) is 6.74. The fourth-order valence-corrected chi connectivity index (χ4v) is 3.33. The molecular formula is C17H25BrN2O. The van der Waals surface area contributed by atoms with Gasteiger partial charge in [0.2, 0.25) is 5.91 Å². The Balaban J connectivity index is 1.93. The Kier molecular flexibility index (Phi) is 5.44. The Morgan fingerprint density at radius 2 is 2.19 bits per heavy atom. The van der Waals surface area contributed by atoms with Crippen LogP contribution in [0.2, 0.25) is 0 Å². The van der Waals surface area contributed by atoms with Gasteiger partial charge in [-0.05, 0) is 37.0 Å². The topological polar surface area (TPSA) is 55.1 Å². The number of nitrogens with one attached hydrogen (secondary N) is 1. The van der Waals surface area contributed by atoms with Crippen molar-refractivity contribution in [1.29, 1.82) is 0 Å². The summed E-state index contributed by atoms with van der Waals surface area (Å²) in [6.07, 6.45) is 3.90. The van der Waals surface area contributed by atoms with Crippen LogP contribution in [0.25, 0.3) is 0 Å². The molecular weight excluding hydrogens is 328 g/mol. The van der Waals surface area contributed by atoms with Gasteiger partial charge in [-0.15, -0.1) is 0 Å². The number of nitrogens with two attached hydrogens (primary N) is 1. The fourth-order valence-electron chi connectivity index (χ4n) is 2.93. The number of benzene rings is 1. The lowest BCUT2D eigenvalue weighted by Gasteiger charge is -2.29. The molecule has 0 heterocycles. The van der Waals surface area contributed by atoms with Crippen LogP contribution in [-0.2, 0) is 10.2 Å². The third kappa shape index (κ3) is 4.55. The molecule has 0 bridgehead atoms. The van der Waals surface area contributed by atoms with E-state index in [2.05, 4.69) is 47.2 Å². The minimum absolute atomic E-state index is 0.0871. The number of hydrogen-bond acceptors (Lipinski definition) is 2. The normalized spacial score (nSPS) is 22.9. The molecule has 0 aliphatic heterocycles. The summed E-state index contributed by atoms with van der Waals surface area (Å²) in [5.74, 6) is 0.250. The van der Waals surface area contributed by atoms with Crippen LogP contribution < -0.4 is 11.1 Å². The summed E-state index contributed by atoms with van der Waals surface area (Å²) in [4.78, 5) is 12.3. The van der Waals surface area contributed by atoms with Crippen molar-refractivity contribution in [2.24, 2.45) is 11.7 Å². The third-order valence-corrected chi connectivity index (χ3v) is 4.89. The Morgan fingerprint density at radius 1 is 1.43 bits per heavy atom. The highest BCUT2D eigenvalue weighted by Crippen LogP contribution is 2.26. The van der Waals surface area contributed by atoms with Crippen LogP contribution in [0, 0.1) is 5.92 Å². The molecule has 1 aliphatic carbocycles. The number of hydrogen-bond donors (Lipinski definition) is 2. The summed E-state index contributed by atoms with van der Waals surface area (Å²) in [6, 6.07) is 8.45. The van der Waals surface area contributed by atoms with Crippen molar-refractivity contribution < 1.29 is 4.79 Å². The standard InChI is InChI=1S/C17H25BrN2O/c1-17(2,13-6-4-7-14(18)10-13)11-20-16(21)12-5-3-8-15(19)9-12/h4,6-7,10,12,15H,3,5,8-9,11,19H2,1-2H3,(H,20,21). The molecule has 1 fully saturated rings. The van der Waals surface area contributed by atoms with Crippen LogP contribution in [-0.4, -0.2) is 18.5 Å². The first-order chi connectivity index (χ1) is 9.88. The number of rotatable bonds is 4. The van der Waals surface area contributed by atoms with E-state index in [1.807, 2.05) is 12.1 Å². The van der Waals surface area contributed by atoms with E-state index in [-0.39, 0.29) is 23.3 Å². The van der Waals surface area contributed by atoms with Crippen molar-refractivity contribution in [3.8, 4) is 0 Å². The molecule has 0 aromatic heterocycles. The predicted molar refractivity (Wildman–Crippen MR) is 90.1 cm³/mol. The van der Waals surface area contributed by atoms with Crippen LogP contribution in [0.3, 0.4) is 0 Å². The molecule has 2 rings (SSSR count). The maximum Gasteiger partial charge on any atom is 0.223 e. The minimum atomic E-state index is -0.0871. The maximum atomic E-state index is 12.3. The maximum absolute atomic E-state index is 12.3. The fraction of sp³-hybridized carbons (Fsp3) is 0.588. The average Bonchev–Trinajstić information content (AvgIpc) is 2.45. The van der Waals surface area contributed by atoms with Gasteiger partial charge in [-0.3, -0.25) is 4.79 Å². The molecule has 0 radical (unpaired) electrons. The molecule has 2 unspecified atom stereocenters. The van der Waals surface area contributed by atoms with E-state index in [1.165, 1.54) is 5.56 Å². The van der Waals surface area contributed by atoms with Gasteiger partial charge in [0.1, 0.15) is 0 Å². The first kappa shape index (κ1) is 16.5. The lowest BCUT2D eigenvalue weighted by molar-refractivity contribution is -0.126. The molecule has 1 aliphatic rings. The highest BCUT2D eigenvalue weighted by molar-refractivity contribution is 9.10. The largest absolute Gasteiger partial charge is 0.355 e. The molecule has 3 nitrogen and oxygen atoms in total. The quantitative estimate of drug-likeness (QED) is 0.872. The van der Waals surface area contributed by atoms with Gasteiger partial charge in [0.15, 0.2) is 0 Å². The Bertz CT molecular complexity index is 501. The Morgan fingerprint density at radius 3 is 2.86 bits per heavy atom. The van der Waals surface area contributed by atoms with Gasteiger partial charge in [0, 0.05) is 28.4 Å². The average molecular weight is 353 g/mol. The zero-order valence-corrected chi connectivity index (χ0v) is 14.4. The van der Waals surface area contributed by atoms with E-state index >= 15 is 0 Å². The van der Waals surface area contributed by atoms with Crippen molar-refractivity contribution in [3.63, 3.8) is 0 Å². The molecule has 0 saturated heterocycles. The second kappa shape index (κ2) is 6.93. The highest BCUT2D eigenvalue weighted by atomic mass is 79.9. The molecule has 0 spiro atoms. The zero-order chi connectivity index (χ0) is 15.5. The zero-order valence-electron chi connectivity index (χ0n) is 12.9. The summed E-state index contributed by atoms with van der Waals surface area (Å²) < 4.78 is 1.07. The van der Waals surface area contributed by atoms with Crippen molar-refractivity contribution in [2.45, 2.75) is 51.0 Å². The number of halogens is 1. The Hall–Kier alpha value is -0.870. The molecule has 1 saturated carbocycles. The number of carbonyl (C=O) groups is 1. The molecule has 3 N–H and O–H groups in total. The monoisotopic (exact) mass is 352 g/mol. The number of carbonyl (C=O) groups excluding carboxylic acids is 1. The molecule has 4 heteroatoms. The van der Waals surface area contributed by atoms with Gasteiger partial charge >= 0.3 is 0 Å². The van der Waals surface area contributed by atoms with E-state index in [0.717, 1.165) is 30.2 Å². The molecule has 1 amide bonds. The lowest BCUT2D eigenvalue weighted by Crippen LogP contribution is -2.42.